The minimum Gasteiger partial charge on any atom is -0.276 e. The number of hydrogen-bond acceptors (Lipinski definition) is 3. The first kappa shape index (κ1) is 13.9. The molecule has 0 aromatic heterocycles. The van der Waals surface area contributed by atoms with E-state index in [0.717, 1.165) is 6.26 Å². The van der Waals surface area contributed by atoms with Crippen LogP contribution in [-0.4, -0.2) is 19.9 Å². The fourth-order valence-corrected chi connectivity index (χ4v) is 2.52. The van der Waals surface area contributed by atoms with E-state index in [4.69, 9.17) is 11.6 Å². The zero-order chi connectivity index (χ0) is 13.1. The molecular formula is C12H13ClO3S. The fraction of sp³-hybridized carbons (Fsp3) is 0.250. The van der Waals surface area contributed by atoms with Crippen LogP contribution in [0.15, 0.2) is 35.2 Å². The molecule has 5 heteroatoms. The number of carbonyl (C=O) groups is 1. The first-order chi connectivity index (χ1) is 7.86. The van der Waals surface area contributed by atoms with E-state index in [2.05, 4.69) is 0 Å². The van der Waals surface area contributed by atoms with Crippen LogP contribution >= 0.6 is 11.6 Å². The van der Waals surface area contributed by atoms with Crippen molar-refractivity contribution in [3.05, 3.63) is 41.5 Å². The topological polar surface area (TPSA) is 51.2 Å². The number of rotatable bonds is 4. The van der Waals surface area contributed by atoms with Gasteiger partial charge in [0, 0.05) is 11.8 Å². The summed E-state index contributed by atoms with van der Waals surface area (Å²) >= 11 is 5.33. The molecule has 1 rings (SSSR count). The first-order valence-electron chi connectivity index (χ1n) is 5.00. The van der Waals surface area contributed by atoms with Gasteiger partial charge in [-0.1, -0.05) is 18.2 Å². The van der Waals surface area contributed by atoms with Gasteiger partial charge >= 0.3 is 0 Å². The average Bonchev–Trinajstić information content (AvgIpc) is 2.24. The van der Waals surface area contributed by atoms with Crippen molar-refractivity contribution in [3.8, 4) is 0 Å². The number of benzene rings is 1. The molecule has 17 heavy (non-hydrogen) atoms. The molecule has 0 saturated carbocycles. The molecule has 0 aliphatic rings. The summed E-state index contributed by atoms with van der Waals surface area (Å²) in [6.07, 6.45) is 5.32. The average molecular weight is 273 g/mol. The van der Waals surface area contributed by atoms with Crippen LogP contribution in [0, 0.1) is 0 Å². The van der Waals surface area contributed by atoms with Crippen LogP contribution in [0.25, 0.3) is 0 Å². The number of halogens is 1. The number of allylic oxidation sites excluding steroid dienone is 2. The van der Waals surface area contributed by atoms with Gasteiger partial charge in [-0.15, -0.1) is 0 Å². The molecule has 0 aliphatic carbocycles. The second-order valence-corrected chi connectivity index (χ2v) is 5.97. The van der Waals surface area contributed by atoms with Crippen molar-refractivity contribution in [1.29, 1.82) is 0 Å². The number of carbonyl (C=O) groups excluding carboxylic acids is 1. The highest BCUT2D eigenvalue weighted by Crippen LogP contribution is 2.20. The Labute approximate surface area is 106 Å². The van der Waals surface area contributed by atoms with Gasteiger partial charge in [0.05, 0.1) is 4.90 Å². The highest BCUT2D eigenvalue weighted by Gasteiger charge is 2.15. The molecule has 0 amide bonds. The van der Waals surface area contributed by atoms with Gasteiger partial charge in [-0.05, 0) is 42.6 Å². The summed E-state index contributed by atoms with van der Waals surface area (Å²) in [4.78, 5) is 11.2. The Bertz CT molecular complexity index is 559. The van der Waals surface area contributed by atoms with E-state index in [1.165, 1.54) is 12.1 Å². The van der Waals surface area contributed by atoms with Crippen molar-refractivity contribution in [1.82, 2.24) is 0 Å². The minimum atomic E-state index is -3.36. The highest BCUT2D eigenvalue weighted by molar-refractivity contribution is 7.90. The summed E-state index contributed by atoms with van der Waals surface area (Å²) in [6.45, 7) is 1.86. The molecule has 0 radical (unpaired) electrons. The van der Waals surface area contributed by atoms with Crippen LogP contribution < -0.4 is 0 Å². The van der Waals surface area contributed by atoms with Gasteiger partial charge in [0.1, 0.15) is 0 Å². The zero-order valence-electron chi connectivity index (χ0n) is 9.60. The van der Waals surface area contributed by atoms with Gasteiger partial charge in [-0.2, -0.15) is 0 Å². The van der Waals surface area contributed by atoms with E-state index in [0.29, 0.717) is 12.0 Å². The molecule has 1 aromatic carbocycles. The molecular weight excluding hydrogens is 260 g/mol. The predicted octanol–water partition coefficient (Wildman–Crippen LogP) is 2.59. The Hall–Kier alpha value is -1.13. The van der Waals surface area contributed by atoms with E-state index < -0.39 is 15.1 Å². The Kier molecular flexibility index (Phi) is 4.48. The van der Waals surface area contributed by atoms with E-state index in [9.17, 15) is 13.2 Å². The SMILES string of the molecule is CC=CCc1ccc(C(=O)Cl)cc1S(C)(=O)=O. The predicted molar refractivity (Wildman–Crippen MR) is 68.3 cm³/mol. The molecule has 0 heterocycles. The Morgan fingerprint density at radius 1 is 1.41 bits per heavy atom. The lowest BCUT2D eigenvalue weighted by Crippen LogP contribution is -2.04. The van der Waals surface area contributed by atoms with Crippen molar-refractivity contribution >= 4 is 26.7 Å². The molecule has 0 aliphatic heterocycles. The Morgan fingerprint density at radius 3 is 2.53 bits per heavy atom. The molecule has 3 nitrogen and oxygen atoms in total. The standard InChI is InChI=1S/C12H13ClO3S/c1-3-4-5-9-6-7-10(12(13)14)8-11(9)17(2,15)16/h3-4,6-8H,5H2,1-2H3. The molecule has 0 bridgehead atoms. The van der Waals surface area contributed by atoms with Gasteiger partial charge in [0.15, 0.2) is 9.84 Å². The molecule has 92 valence electrons. The summed E-state index contributed by atoms with van der Waals surface area (Å²) < 4.78 is 23.2. The van der Waals surface area contributed by atoms with Crippen LogP contribution in [0.3, 0.4) is 0 Å². The van der Waals surface area contributed by atoms with E-state index in [-0.39, 0.29) is 10.5 Å². The third kappa shape index (κ3) is 3.68. The maximum Gasteiger partial charge on any atom is 0.252 e. The fourth-order valence-electron chi connectivity index (χ4n) is 1.44. The van der Waals surface area contributed by atoms with Crippen molar-refractivity contribution in [2.24, 2.45) is 0 Å². The third-order valence-corrected chi connectivity index (χ3v) is 3.66. The molecule has 0 fully saturated rings. The maximum atomic E-state index is 11.6. The largest absolute Gasteiger partial charge is 0.276 e. The third-order valence-electron chi connectivity index (χ3n) is 2.27. The Morgan fingerprint density at radius 2 is 2.06 bits per heavy atom. The van der Waals surface area contributed by atoms with Crippen LogP contribution in [-0.2, 0) is 16.3 Å². The quantitative estimate of drug-likeness (QED) is 0.625. The summed E-state index contributed by atoms with van der Waals surface area (Å²) in [5.41, 5.74) is 0.851. The van der Waals surface area contributed by atoms with Crippen molar-refractivity contribution < 1.29 is 13.2 Å². The Balaban J connectivity index is 3.37. The first-order valence-corrected chi connectivity index (χ1v) is 7.27. The summed E-state index contributed by atoms with van der Waals surface area (Å²) in [5, 5.41) is -0.660. The molecule has 0 spiro atoms. The van der Waals surface area contributed by atoms with Gasteiger partial charge in [0.25, 0.3) is 5.24 Å². The van der Waals surface area contributed by atoms with Gasteiger partial charge in [-0.25, -0.2) is 8.42 Å². The van der Waals surface area contributed by atoms with Crippen LogP contribution in [0.5, 0.6) is 0 Å². The molecule has 1 aromatic rings. The smallest absolute Gasteiger partial charge is 0.252 e. The molecule has 0 atom stereocenters. The summed E-state index contributed by atoms with van der Waals surface area (Å²) in [6, 6.07) is 4.47. The number of sulfone groups is 1. The van der Waals surface area contributed by atoms with Crippen LogP contribution in [0.2, 0.25) is 0 Å². The molecule has 0 saturated heterocycles. The van der Waals surface area contributed by atoms with E-state index >= 15 is 0 Å². The van der Waals surface area contributed by atoms with Gasteiger partial charge in [-0.3, -0.25) is 4.79 Å². The van der Waals surface area contributed by atoms with Crippen molar-refractivity contribution in [2.45, 2.75) is 18.2 Å². The highest BCUT2D eigenvalue weighted by atomic mass is 35.5. The van der Waals surface area contributed by atoms with Crippen molar-refractivity contribution in [2.75, 3.05) is 6.26 Å². The maximum absolute atomic E-state index is 11.6. The zero-order valence-corrected chi connectivity index (χ0v) is 11.2. The molecule has 0 unspecified atom stereocenters. The monoisotopic (exact) mass is 272 g/mol. The second-order valence-electron chi connectivity index (χ2n) is 3.64. The lowest BCUT2D eigenvalue weighted by Gasteiger charge is -2.07. The van der Waals surface area contributed by atoms with E-state index in [1.807, 2.05) is 19.1 Å². The lowest BCUT2D eigenvalue weighted by atomic mass is 10.1. The van der Waals surface area contributed by atoms with Gasteiger partial charge < -0.3 is 0 Å². The second kappa shape index (κ2) is 5.47. The normalized spacial score (nSPS) is 11.9. The number of hydrogen-bond donors (Lipinski definition) is 0. The van der Waals surface area contributed by atoms with Gasteiger partial charge in [0.2, 0.25) is 0 Å². The van der Waals surface area contributed by atoms with Crippen LogP contribution in [0.1, 0.15) is 22.8 Å². The van der Waals surface area contributed by atoms with E-state index in [1.54, 1.807) is 6.07 Å². The summed E-state index contributed by atoms with van der Waals surface area (Å²) in [7, 11) is -3.36. The lowest BCUT2D eigenvalue weighted by molar-refractivity contribution is 0.108. The summed E-state index contributed by atoms with van der Waals surface area (Å²) in [5.74, 6) is 0. The van der Waals surface area contributed by atoms with Crippen LogP contribution in [0.4, 0.5) is 0 Å². The van der Waals surface area contributed by atoms with Crippen molar-refractivity contribution in [3.63, 3.8) is 0 Å². The molecule has 0 N–H and O–H groups in total. The minimum absolute atomic E-state index is 0.155.